The highest BCUT2D eigenvalue weighted by molar-refractivity contribution is 7.89. The number of rotatable bonds is 8. The maximum atomic E-state index is 12.6. The number of carbonyl (C=O) groups excluding carboxylic acids is 1. The van der Waals surface area contributed by atoms with Crippen LogP contribution in [0.2, 0.25) is 0 Å². The zero-order valence-corrected chi connectivity index (χ0v) is 17.9. The van der Waals surface area contributed by atoms with E-state index in [0.29, 0.717) is 37.8 Å². The molecule has 0 bridgehead atoms. The van der Waals surface area contributed by atoms with Crippen molar-refractivity contribution in [3.63, 3.8) is 0 Å². The average Bonchev–Trinajstić information content (AvgIpc) is 2.78. The number of nitrogens with one attached hydrogen (secondary N) is 1. The first-order valence-corrected chi connectivity index (χ1v) is 11.1. The monoisotopic (exact) mass is 434 g/mol. The fourth-order valence-electron chi connectivity index (χ4n) is 3.10. The topological polar surface area (TPSA) is 94.2 Å². The van der Waals surface area contributed by atoms with E-state index in [0.717, 1.165) is 5.56 Å². The lowest BCUT2D eigenvalue weighted by molar-refractivity contribution is -0.142. The van der Waals surface area contributed by atoms with Gasteiger partial charge in [0, 0.05) is 25.2 Å². The second kappa shape index (κ2) is 9.92. The molecule has 1 aliphatic heterocycles. The van der Waals surface area contributed by atoms with E-state index in [1.807, 2.05) is 12.1 Å². The molecule has 162 valence electrons. The highest BCUT2D eigenvalue weighted by atomic mass is 32.2. The molecule has 2 aromatic rings. The second-order valence-electron chi connectivity index (χ2n) is 6.81. The van der Waals surface area contributed by atoms with Crippen molar-refractivity contribution in [2.75, 3.05) is 33.4 Å². The molecule has 2 aromatic carbocycles. The molecule has 0 aliphatic carbocycles. The highest BCUT2D eigenvalue weighted by Crippen LogP contribution is 2.20. The predicted octanol–water partition coefficient (Wildman–Crippen LogP) is 1.80. The molecule has 1 N–H and O–H groups in total. The van der Waals surface area contributed by atoms with Gasteiger partial charge in [0.05, 0.1) is 25.2 Å². The second-order valence-corrected chi connectivity index (χ2v) is 8.57. The van der Waals surface area contributed by atoms with Gasteiger partial charge in [-0.25, -0.2) is 13.1 Å². The number of para-hydroxylation sites is 1. The Morgan fingerprint density at radius 1 is 1.13 bits per heavy atom. The Hall–Kier alpha value is -2.62. The van der Waals surface area contributed by atoms with E-state index in [1.54, 1.807) is 36.1 Å². The van der Waals surface area contributed by atoms with Gasteiger partial charge in [-0.3, -0.25) is 4.79 Å². The van der Waals surface area contributed by atoms with Gasteiger partial charge in [-0.05, 0) is 37.3 Å². The molecule has 3 rings (SSSR count). The first-order chi connectivity index (χ1) is 14.4. The predicted molar refractivity (Wildman–Crippen MR) is 111 cm³/mol. The first kappa shape index (κ1) is 22.1. The Kier molecular flexibility index (Phi) is 7.30. The molecule has 30 heavy (non-hydrogen) atoms. The lowest BCUT2D eigenvalue weighted by Crippen LogP contribution is -2.46. The summed E-state index contributed by atoms with van der Waals surface area (Å²) in [7, 11) is -2.17. The van der Waals surface area contributed by atoms with Crippen molar-refractivity contribution in [2.24, 2.45) is 0 Å². The van der Waals surface area contributed by atoms with E-state index in [9.17, 15) is 13.2 Å². The van der Waals surface area contributed by atoms with Gasteiger partial charge >= 0.3 is 0 Å². The number of morpholine rings is 1. The molecule has 1 saturated heterocycles. The smallest absolute Gasteiger partial charge is 0.263 e. The van der Waals surface area contributed by atoms with Gasteiger partial charge in [0.15, 0.2) is 6.10 Å². The van der Waals surface area contributed by atoms with Crippen LogP contribution in [-0.2, 0) is 26.1 Å². The van der Waals surface area contributed by atoms with Crippen molar-refractivity contribution in [3.8, 4) is 11.5 Å². The van der Waals surface area contributed by atoms with Gasteiger partial charge in [0.1, 0.15) is 11.5 Å². The third kappa shape index (κ3) is 5.50. The molecule has 1 aliphatic rings. The normalized spacial score (nSPS) is 15.5. The Morgan fingerprint density at radius 2 is 1.80 bits per heavy atom. The summed E-state index contributed by atoms with van der Waals surface area (Å²) in [6.45, 7) is 3.91. The molecule has 9 heteroatoms. The Labute approximate surface area is 176 Å². The van der Waals surface area contributed by atoms with E-state index >= 15 is 0 Å². The van der Waals surface area contributed by atoms with Gasteiger partial charge in [-0.15, -0.1) is 0 Å². The molecule has 1 heterocycles. The molecule has 8 nitrogen and oxygen atoms in total. The van der Waals surface area contributed by atoms with Gasteiger partial charge in [-0.1, -0.05) is 18.2 Å². The molecular formula is C21H26N2O6S. The fourth-order valence-corrected chi connectivity index (χ4v) is 4.10. The Bertz CT molecular complexity index is 956. The Balaban J connectivity index is 1.60. The van der Waals surface area contributed by atoms with E-state index in [1.165, 1.54) is 19.2 Å². The van der Waals surface area contributed by atoms with Gasteiger partial charge in [0.25, 0.3) is 5.91 Å². The van der Waals surface area contributed by atoms with Crippen molar-refractivity contribution in [3.05, 3.63) is 54.1 Å². The first-order valence-electron chi connectivity index (χ1n) is 9.65. The summed E-state index contributed by atoms with van der Waals surface area (Å²) in [5.41, 5.74) is 0.735. The van der Waals surface area contributed by atoms with Gasteiger partial charge < -0.3 is 19.1 Å². The number of methoxy groups -OCH3 is 1. The number of nitrogens with zero attached hydrogens (tertiary/aromatic N) is 1. The van der Waals surface area contributed by atoms with Crippen LogP contribution in [0.15, 0.2) is 53.4 Å². The van der Waals surface area contributed by atoms with Crippen LogP contribution in [0.5, 0.6) is 11.5 Å². The average molecular weight is 435 g/mol. The van der Waals surface area contributed by atoms with Crippen molar-refractivity contribution in [1.29, 1.82) is 0 Å². The van der Waals surface area contributed by atoms with Gasteiger partial charge in [0.2, 0.25) is 10.0 Å². The summed E-state index contributed by atoms with van der Waals surface area (Å²) in [5.74, 6) is 0.920. The summed E-state index contributed by atoms with van der Waals surface area (Å²) < 4.78 is 43.9. The van der Waals surface area contributed by atoms with E-state index in [-0.39, 0.29) is 17.3 Å². The highest BCUT2D eigenvalue weighted by Gasteiger charge is 2.24. The van der Waals surface area contributed by atoms with E-state index < -0.39 is 16.1 Å². The minimum absolute atomic E-state index is 0.107. The number of amides is 1. The minimum atomic E-state index is -3.71. The van der Waals surface area contributed by atoms with Crippen molar-refractivity contribution >= 4 is 15.9 Å². The molecule has 0 spiro atoms. The van der Waals surface area contributed by atoms with Crippen LogP contribution in [0, 0.1) is 0 Å². The molecule has 0 saturated carbocycles. The van der Waals surface area contributed by atoms with Crippen molar-refractivity contribution in [1.82, 2.24) is 9.62 Å². The number of ether oxygens (including phenoxy) is 3. The molecule has 1 amide bonds. The molecule has 0 radical (unpaired) electrons. The number of hydrogen-bond acceptors (Lipinski definition) is 6. The van der Waals surface area contributed by atoms with Crippen molar-refractivity contribution in [2.45, 2.75) is 24.5 Å². The summed E-state index contributed by atoms with van der Waals surface area (Å²) in [4.78, 5) is 14.2. The number of carbonyl (C=O) groups is 1. The van der Waals surface area contributed by atoms with Crippen LogP contribution < -0.4 is 14.2 Å². The minimum Gasteiger partial charge on any atom is -0.496 e. The zero-order chi connectivity index (χ0) is 21.6. The molecule has 0 aromatic heterocycles. The van der Waals surface area contributed by atoms with Crippen LogP contribution >= 0.6 is 0 Å². The van der Waals surface area contributed by atoms with E-state index in [2.05, 4.69) is 4.72 Å². The van der Waals surface area contributed by atoms with E-state index in [4.69, 9.17) is 14.2 Å². The number of sulfonamides is 1. The summed E-state index contributed by atoms with van der Waals surface area (Å²) in [5, 5.41) is 0. The Morgan fingerprint density at radius 3 is 2.47 bits per heavy atom. The van der Waals surface area contributed by atoms with Crippen LogP contribution in [-0.4, -0.2) is 58.7 Å². The third-order valence-corrected chi connectivity index (χ3v) is 6.18. The molecular weight excluding hydrogens is 408 g/mol. The summed E-state index contributed by atoms with van der Waals surface area (Å²) in [6.07, 6.45) is -0.672. The fraction of sp³-hybridized carbons (Fsp3) is 0.381. The summed E-state index contributed by atoms with van der Waals surface area (Å²) in [6, 6.07) is 13.2. The number of hydrogen-bond donors (Lipinski definition) is 1. The maximum Gasteiger partial charge on any atom is 0.263 e. The number of benzene rings is 2. The van der Waals surface area contributed by atoms with Gasteiger partial charge in [-0.2, -0.15) is 0 Å². The third-order valence-electron chi connectivity index (χ3n) is 4.76. The van der Waals surface area contributed by atoms with Crippen LogP contribution in [0.4, 0.5) is 0 Å². The maximum absolute atomic E-state index is 12.6. The lowest BCUT2D eigenvalue weighted by Gasteiger charge is -2.29. The van der Waals surface area contributed by atoms with Crippen LogP contribution in [0.1, 0.15) is 12.5 Å². The SMILES string of the molecule is COc1ccccc1CNS(=O)(=O)c1ccc(O[C@@H](C)C(=O)N2CCOCC2)cc1. The summed E-state index contributed by atoms with van der Waals surface area (Å²) >= 11 is 0. The van der Waals surface area contributed by atoms with Crippen molar-refractivity contribution < 1.29 is 27.4 Å². The molecule has 0 unspecified atom stereocenters. The van der Waals surface area contributed by atoms with Crippen LogP contribution in [0.3, 0.4) is 0 Å². The molecule has 1 fully saturated rings. The quantitative estimate of drug-likeness (QED) is 0.681. The van der Waals surface area contributed by atoms with Crippen LogP contribution in [0.25, 0.3) is 0 Å². The standard InChI is InChI=1S/C21H26N2O6S/c1-16(21(24)23-11-13-28-14-12-23)29-18-7-9-19(10-8-18)30(25,26)22-15-17-5-3-4-6-20(17)27-2/h3-10,16,22H,11-15H2,1-2H3/t16-/m0/s1. The zero-order valence-electron chi connectivity index (χ0n) is 17.0. The largest absolute Gasteiger partial charge is 0.496 e. The lowest BCUT2D eigenvalue weighted by atomic mass is 10.2. The molecule has 1 atom stereocenters.